The van der Waals surface area contributed by atoms with Crippen molar-refractivity contribution in [2.45, 2.75) is 97.0 Å². The highest BCUT2D eigenvalue weighted by atomic mass is 16.5. The molecule has 1 aliphatic heterocycles. The fourth-order valence-corrected chi connectivity index (χ4v) is 6.30. The van der Waals surface area contributed by atoms with Crippen LogP contribution in [0.2, 0.25) is 0 Å². The van der Waals surface area contributed by atoms with Gasteiger partial charge in [0.25, 0.3) is 0 Å². The maximum Gasteiger partial charge on any atom is 0.330 e. The molecule has 246 valence electrons. The molecule has 1 aliphatic rings. The molecule has 7 heteroatoms. The highest BCUT2D eigenvalue weighted by Crippen LogP contribution is 2.42. The van der Waals surface area contributed by atoms with Crippen molar-refractivity contribution in [1.29, 1.82) is 0 Å². The summed E-state index contributed by atoms with van der Waals surface area (Å²) in [7, 11) is 0. The summed E-state index contributed by atoms with van der Waals surface area (Å²) in [4.78, 5) is 16.1. The largest absolute Gasteiger partial charge is 0.493 e. The fourth-order valence-electron chi connectivity index (χ4n) is 6.30. The number of benzene rings is 3. The molecule has 46 heavy (non-hydrogen) atoms. The van der Waals surface area contributed by atoms with E-state index in [1.807, 2.05) is 50.2 Å². The molecule has 0 spiro atoms. The van der Waals surface area contributed by atoms with Crippen LogP contribution in [0.1, 0.15) is 96.7 Å². The van der Waals surface area contributed by atoms with Crippen LogP contribution in [0.15, 0.2) is 78.3 Å². The number of esters is 1. The summed E-state index contributed by atoms with van der Waals surface area (Å²) in [5.41, 5.74) is 5.79. The first kappa shape index (κ1) is 34.9. The molecule has 3 aromatic rings. The Kier molecular flexibility index (Phi) is 12.6. The zero-order valence-electron chi connectivity index (χ0n) is 28.0. The fraction of sp³-hybridized carbons (Fsp3) is 0.436. The average molecular weight is 626 g/mol. The first-order chi connectivity index (χ1) is 22.2. The SMILES string of the molecule is C=CC(=O)OCCCCCCCCCCCOc1ccccc1C1(c2ccc(C)cc2C)N=CNC(O)(c2ccc(C)cc2C)N1. The van der Waals surface area contributed by atoms with Gasteiger partial charge in [0.15, 0.2) is 5.66 Å². The summed E-state index contributed by atoms with van der Waals surface area (Å²) >= 11 is 0. The van der Waals surface area contributed by atoms with Gasteiger partial charge in [0.1, 0.15) is 5.75 Å². The van der Waals surface area contributed by atoms with E-state index in [9.17, 15) is 9.90 Å². The van der Waals surface area contributed by atoms with Gasteiger partial charge in [-0.25, -0.2) is 15.1 Å². The number of hydrogen-bond donors (Lipinski definition) is 3. The normalized spacial score (nSPS) is 19.0. The van der Waals surface area contributed by atoms with Crippen molar-refractivity contribution in [3.63, 3.8) is 0 Å². The number of carbonyl (C=O) groups excluding carboxylic acids is 1. The van der Waals surface area contributed by atoms with Gasteiger partial charge < -0.3 is 19.9 Å². The van der Waals surface area contributed by atoms with Crippen molar-refractivity contribution in [2.75, 3.05) is 13.2 Å². The molecule has 2 unspecified atom stereocenters. The molecule has 3 N–H and O–H groups in total. The Morgan fingerprint density at radius 1 is 0.783 bits per heavy atom. The summed E-state index contributed by atoms with van der Waals surface area (Å²) in [6, 6.07) is 20.4. The van der Waals surface area contributed by atoms with E-state index >= 15 is 0 Å². The van der Waals surface area contributed by atoms with Gasteiger partial charge >= 0.3 is 5.97 Å². The van der Waals surface area contributed by atoms with Crippen LogP contribution in [0.4, 0.5) is 0 Å². The molecular formula is C39H51N3O4. The molecular weight excluding hydrogens is 574 g/mol. The lowest BCUT2D eigenvalue weighted by atomic mass is 9.85. The zero-order chi connectivity index (χ0) is 33.0. The van der Waals surface area contributed by atoms with E-state index in [0.29, 0.717) is 13.2 Å². The molecule has 0 radical (unpaired) electrons. The lowest BCUT2D eigenvalue weighted by Crippen LogP contribution is -2.64. The summed E-state index contributed by atoms with van der Waals surface area (Å²) < 4.78 is 11.5. The van der Waals surface area contributed by atoms with E-state index in [4.69, 9.17) is 14.5 Å². The number of aryl methyl sites for hydroxylation is 4. The third-order valence-electron chi connectivity index (χ3n) is 8.67. The topological polar surface area (TPSA) is 92.2 Å². The Balaban J connectivity index is 1.41. The van der Waals surface area contributed by atoms with Crippen molar-refractivity contribution in [3.05, 3.63) is 112 Å². The van der Waals surface area contributed by atoms with Crippen LogP contribution in [0.25, 0.3) is 0 Å². The van der Waals surface area contributed by atoms with E-state index in [-0.39, 0.29) is 5.97 Å². The second-order valence-corrected chi connectivity index (χ2v) is 12.5. The number of aliphatic imine (C=N–C) groups is 1. The maximum atomic E-state index is 12.2. The molecule has 2 atom stereocenters. The minimum absolute atomic E-state index is 0.342. The van der Waals surface area contributed by atoms with Crippen molar-refractivity contribution >= 4 is 12.3 Å². The Morgan fingerprint density at radius 2 is 1.35 bits per heavy atom. The molecule has 3 aromatic carbocycles. The predicted octanol–water partition coefficient (Wildman–Crippen LogP) is 7.76. The average Bonchev–Trinajstić information content (AvgIpc) is 3.03. The number of carbonyl (C=O) groups is 1. The third-order valence-corrected chi connectivity index (χ3v) is 8.67. The van der Waals surface area contributed by atoms with E-state index < -0.39 is 11.5 Å². The smallest absolute Gasteiger partial charge is 0.330 e. The van der Waals surface area contributed by atoms with Gasteiger partial charge in [0, 0.05) is 22.8 Å². The minimum atomic E-state index is -1.57. The molecule has 0 bridgehead atoms. The van der Waals surface area contributed by atoms with E-state index in [0.717, 1.165) is 70.4 Å². The second-order valence-electron chi connectivity index (χ2n) is 12.5. The number of nitrogens with zero attached hydrogens (tertiary/aromatic N) is 1. The number of rotatable bonds is 17. The standard InChI is InChI=1S/C39H51N3O4/c1-6-37(43)46-25-17-13-11-9-7-8-10-12-16-24-45-36-19-15-14-18-35(36)38(33-22-20-29(2)26-31(33)4)40-28-41-39(44,42-38)34-23-21-30(3)27-32(34)5/h6,14-15,18-23,26-28,42,44H,1,7-13,16-17,24-25H2,2-5H3,(H,40,41). The molecule has 7 nitrogen and oxygen atoms in total. The van der Waals surface area contributed by atoms with Gasteiger partial charge in [0.05, 0.1) is 19.6 Å². The van der Waals surface area contributed by atoms with Crippen molar-refractivity contribution in [3.8, 4) is 5.75 Å². The molecule has 0 fully saturated rings. The van der Waals surface area contributed by atoms with Crippen molar-refractivity contribution in [2.24, 2.45) is 4.99 Å². The Hall–Kier alpha value is -3.94. The maximum absolute atomic E-state index is 12.2. The van der Waals surface area contributed by atoms with E-state index in [1.165, 1.54) is 38.2 Å². The van der Waals surface area contributed by atoms with Gasteiger partial charge in [0.2, 0.25) is 5.85 Å². The van der Waals surface area contributed by atoms with Gasteiger partial charge in [-0.15, -0.1) is 0 Å². The number of hydrogen-bond acceptors (Lipinski definition) is 7. The van der Waals surface area contributed by atoms with Crippen LogP contribution in [0.5, 0.6) is 5.75 Å². The monoisotopic (exact) mass is 625 g/mol. The number of aliphatic hydroxyl groups is 1. The van der Waals surface area contributed by atoms with Gasteiger partial charge in [-0.05, 0) is 57.7 Å². The molecule has 0 aromatic heterocycles. The highest BCUT2D eigenvalue weighted by Gasteiger charge is 2.47. The predicted molar refractivity (Wildman–Crippen MR) is 186 cm³/mol. The molecule has 0 saturated carbocycles. The molecule has 4 rings (SSSR count). The van der Waals surface area contributed by atoms with Crippen LogP contribution in [-0.4, -0.2) is 30.6 Å². The Labute approximate surface area is 275 Å². The van der Waals surface area contributed by atoms with E-state index in [2.05, 4.69) is 55.3 Å². The number of nitrogens with one attached hydrogen (secondary N) is 2. The van der Waals surface area contributed by atoms with Gasteiger partial charge in [-0.2, -0.15) is 0 Å². The lowest BCUT2D eigenvalue weighted by molar-refractivity contribution is -0.137. The molecule has 0 saturated heterocycles. The highest BCUT2D eigenvalue weighted by molar-refractivity contribution is 5.81. The van der Waals surface area contributed by atoms with Gasteiger partial charge in [-0.1, -0.05) is 117 Å². The second kappa shape index (κ2) is 16.6. The Morgan fingerprint density at radius 3 is 1.96 bits per heavy atom. The van der Waals surface area contributed by atoms with Crippen LogP contribution >= 0.6 is 0 Å². The number of ether oxygens (including phenoxy) is 2. The summed E-state index contributed by atoms with van der Waals surface area (Å²) in [5.74, 6) is -1.16. The summed E-state index contributed by atoms with van der Waals surface area (Å²) in [6.45, 7) is 12.7. The lowest BCUT2D eigenvalue weighted by Gasteiger charge is -2.45. The minimum Gasteiger partial charge on any atom is -0.493 e. The summed E-state index contributed by atoms with van der Waals surface area (Å²) in [5, 5.41) is 18.8. The molecule has 0 aliphatic carbocycles. The van der Waals surface area contributed by atoms with Crippen molar-refractivity contribution in [1.82, 2.24) is 10.6 Å². The Bertz CT molecular complexity index is 1500. The first-order valence-corrected chi connectivity index (χ1v) is 16.7. The van der Waals surface area contributed by atoms with Crippen LogP contribution in [-0.2, 0) is 21.0 Å². The van der Waals surface area contributed by atoms with Crippen LogP contribution < -0.4 is 15.4 Å². The summed E-state index contributed by atoms with van der Waals surface area (Å²) in [6.07, 6.45) is 12.9. The van der Waals surface area contributed by atoms with E-state index in [1.54, 1.807) is 6.34 Å². The first-order valence-electron chi connectivity index (χ1n) is 16.7. The van der Waals surface area contributed by atoms with Crippen molar-refractivity contribution < 1.29 is 19.4 Å². The number of para-hydroxylation sites is 1. The number of unbranched alkanes of at least 4 members (excludes halogenated alkanes) is 8. The third kappa shape index (κ3) is 8.86. The molecule has 1 heterocycles. The van der Waals surface area contributed by atoms with Gasteiger partial charge in [-0.3, -0.25) is 0 Å². The zero-order valence-corrected chi connectivity index (χ0v) is 28.0. The quantitative estimate of drug-likeness (QED) is 0.0807. The molecule has 0 amide bonds. The van der Waals surface area contributed by atoms with Crippen LogP contribution in [0, 0.1) is 27.7 Å². The van der Waals surface area contributed by atoms with Crippen LogP contribution in [0.3, 0.4) is 0 Å².